The molecule has 130 valence electrons. The molecule has 0 saturated carbocycles. The number of rotatable bonds is 6. The van der Waals surface area contributed by atoms with E-state index in [0.29, 0.717) is 18.5 Å². The number of aliphatic hydroxyl groups excluding tert-OH is 1. The molecule has 3 rings (SSSR count). The molecule has 0 bridgehead atoms. The molecule has 5 nitrogen and oxygen atoms in total. The molecule has 1 saturated heterocycles. The maximum absolute atomic E-state index is 12.5. The maximum Gasteiger partial charge on any atom is 0.251 e. The van der Waals surface area contributed by atoms with Crippen molar-refractivity contribution in [2.24, 2.45) is 0 Å². The van der Waals surface area contributed by atoms with Crippen LogP contribution in [-0.2, 0) is 11.3 Å². The largest absolute Gasteiger partial charge is 0.394 e. The number of amides is 2. The van der Waals surface area contributed by atoms with Gasteiger partial charge in [0.25, 0.3) is 5.91 Å². The van der Waals surface area contributed by atoms with Crippen LogP contribution in [0.2, 0.25) is 0 Å². The zero-order valence-electron chi connectivity index (χ0n) is 14.0. The van der Waals surface area contributed by atoms with E-state index in [9.17, 15) is 14.7 Å². The van der Waals surface area contributed by atoms with Crippen LogP contribution in [0.25, 0.3) is 0 Å². The van der Waals surface area contributed by atoms with Crippen LogP contribution in [0.15, 0.2) is 54.6 Å². The highest BCUT2D eigenvalue weighted by atomic mass is 16.3. The Labute approximate surface area is 147 Å². The molecule has 0 radical (unpaired) electrons. The van der Waals surface area contributed by atoms with Gasteiger partial charge in [0, 0.05) is 25.1 Å². The molecule has 2 amide bonds. The Bertz CT molecular complexity index is 746. The molecular weight excluding hydrogens is 316 g/mol. The smallest absolute Gasteiger partial charge is 0.251 e. The molecule has 2 N–H and O–H groups in total. The van der Waals surface area contributed by atoms with E-state index in [2.05, 4.69) is 5.32 Å². The van der Waals surface area contributed by atoms with Crippen LogP contribution in [0.1, 0.15) is 40.4 Å². The summed E-state index contributed by atoms with van der Waals surface area (Å²) in [6.07, 6.45) is 1.50. The number of hydrogen-bond donors (Lipinski definition) is 2. The van der Waals surface area contributed by atoms with E-state index in [1.165, 1.54) is 0 Å². The maximum atomic E-state index is 12.5. The number of likely N-dealkylation sites (tertiary alicyclic amines) is 1. The van der Waals surface area contributed by atoms with Crippen molar-refractivity contribution < 1.29 is 14.7 Å². The first-order valence-electron chi connectivity index (χ1n) is 8.51. The van der Waals surface area contributed by atoms with E-state index in [0.717, 1.165) is 24.1 Å². The minimum absolute atomic E-state index is 0.166. The van der Waals surface area contributed by atoms with Gasteiger partial charge in [-0.15, -0.1) is 0 Å². The van der Waals surface area contributed by atoms with Gasteiger partial charge in [-0.25, -0.2) is 0 Å². The second-order valence-corrected chi connectivity index (χ2v) is 6.24. The molecule has 1 aliphatic heterocycles. The Kier molecular flexibility index (Phi) is 5.46. The summed E-state index contributed by atoms with van der Waals surface area (Å²) in [6.45, 7) is 1.13. The number of carbonyl (C=O) groups excluding carboxylic acids is 2. The van der Waals surface area contributed by atoms with Gasteiger partial charge in [-0.2, -0.15) is 0 Å². The molecule has 2 aromatic rings. The Morgan fingerprint density at radius 3 is 2.64 bits per heavy atom. The summed E-state index contributed by atoms with van der Waals surface area (Å²) < 4.78 is 0. The molecule has 0 aromatic heterocycles. The van der Waals surface area contributed by atoms with Crippen molar-refractivity contribution in [3.8, 4) is 0 Å². The first-order valence-corrected chi connectivity index (χ1v) is 8.51. The van der Waals surface area contributed by atoms with E-state index in [-0.39, 0.29) is 18.4 Å². The fourth-order valence-electron chi connectivity index (χ4n) is 3.06. The van der Waals surface area contributed by atoms with E-state index >= 15 is 0 Å². The van der Waals surface area contributed by atoms with Gasteiger partial charge in [0.2, 0.25) is 5.91 Å². The van der Waals surface area contributed by atoms with Crippen molar-refractivity contribution in [2.75, 3.05) is 13.2 Å². The number of carbonyl (C=O) groups is 2. The highest BCUT2D eigenvalue weighted by Crippen LogP contribution is 2.16. The van der Waals surface area contributed by atoms with Crippen LogP contribution in [0, 0.1) is 0 Å². The lowest BCUT2D eigenvalue weighted by Gasteiger charge is -2.18. The summed E-state index contributed by atoms with van der Waals surface area (Å²) in [5, 5.41) is 12.4. The summed E-state index contributed by atoms with van der Waals surface area (Å²) in [5.41, 5.74) is 2.32. The van der Waals surface area contributed by atoms with Gasteiger partial charge in [-0.1, -0.05) is 42.5 Å². The van der Waals surface area contributed by atoms with Crippen LogP contribution in [0.4, 0.5) is 0 Å². The lowest BCUT2D eigenvalue weighted by atomic mass is 10.1. The second-order valence-electron chi connectivity index (χ2n) is 6.24. The summed E-state index contributed by atoms with van der Waals surface area (Å²) in [4.78, 5) is 26.1. The Morgan fingerprint density at radius 2 is 1.96 bits per heavy atom. The van der Waals surface area contributed by atoms with Crippen LogP contribution in [0.5, 0.6) is 0 Å². The number of nitrogens with one attached hydrogen (secondary N) is 1. The van der Waals surface area contributed by atoms with Crippen molar-refractivity contribution >= 4 is 11.8 Å². The van der Waals surface area contributed by atoms with E-state index in [4.69, 9.17) is 0 Å². The molecule has 25 heavy (non-hydrogen) atoms. The number of benzene rings is 2. The van der Waals surface area contributed by atoms with Crippen LogP contribution in [-0.4, -0.2) is 35.0 Å². The monoisotopic (exact) mass is 338 g/mol. The second kappa shape index (κ2) is 7.94. The normalized spacial score (nSPS) is 15.2. The predicted octanol–water partition coefficient (Wildman–Crippen LogP) is 2.27. The zero-order valence-corrected chi connectivity index (χ0v) is 14.0. The van der Waals surface area contributed by atoms with Gasteiger partial charge < -0.3 is 15.3 Å². The van der Waals surface area contributed by atoms with Crippen molar-refractivity contribution in [3.63, 3.8) is 0 Å². The van der Waals surface area contributed by atoms with Crippen LogP contribution in [0.3, 0.4) is 0 Å². The SMILES string of the molecule is O=C(NC(CO)c1ccccc1)c1cccc(CN2CCCC2=O)c1. The molecule has 0 aliphatic carbocycles. The average molecular weight is 338 g/mol. The highest BCUT2D eigenvalue weighted by Gasteiger charge is 2.20. The predicted molar refractivity (Wildman–Crippen MR) is 94.8 cm³/mol. The van der Waals surface area contributed by atoms with E-state index in [1.807, 2.05) is 47.4 Å². The van der Waals surface area contributed by atoms with Gasteiger partial charge in [-0.05, 0) is 29.7 Å². The van der Waals surface area contributed by atoms with Gasteiger partial charge >= 0.3 is 0 Å². The van der Waals surface area contributed by atoms with Crippen LogP contribution >= 0.6 is 0 Å². The molecule has 0 spiro atoms. The lowest BCUT2D eigenvalue weighted by molar-refractivity contribution is -0.128. The van der Waals surface area contributed by atoms with Crippen molar-refractivity contribution in [1.82, 2.24) is 10.2 Å². The van der Waals surface area contributed by atoms with E-state index in [1.54, 1.807) is 12.1 Å². The molecule has 1 unspecified atom stereocenters. The Morgan fingerprint density at radius 1 is 1.16 bits per heavy atom. The quantitative estimate of drug-likeness (QED) is 0.849. The molecule has 1 aliphatic rings. The first kappa shape index (κ1) is 17.2. The Balaban J connectivity index is 1.69. The minimum Gasteiger partial charge on any atom is -0.394 e. The molecule has 1 fully saturated rings. The summed E-state index contributed by atoms with van der Waals surface area (Å²) in [6, 6.07) is 16.2. The van der Waals surface area contributed by atoms with Gasteiger partial charge in [0.15, 0.2) is 0 Å². The third kappa shape index (κ3) is 4.25. The van der Waals surface area contributed by atoms with Crippen molar-refractivity contribution in [2.45, 2.75) is 25.4 Å². The standard InChI is InChI=1S/C20H22N2O3/c23-14-18(16-7-2-1-3-8-16)21-20(25)17-9-4-6-15(12-17)13-22-11-5-10-19(22)24/h1-4,6-9,12,18,23H,5,10-11,13-14H2,(H,21,25). The van der Waals surface area contributed by atoms with Gasteiger partial charge in [0.1, 0.15) is 0 Å². The molecule has 5 heteroatoms. The third-order valence-corrected chi connectivity index (χ3v) is 4.42. The van der Waals surface area contributed by atoms with Crippen molar-refractivity contribution in [1.29, 1.82) is 0 Å². The van der Waals surface area contributed by atoms with Crippen molar-refractivity contribution in [3.05, 3.63) is 71.3 Å². The van der Waals surface area contributed by atoms with E-state index < -0.39 is 6.04 Å². The lowest BCUT2D eigenvalue weighted by Crippen LogP contribution is -2.31. The fourth-order valence-corrected chi connectivity index (χ4v) is 3.06. The molecule has 1 heterocycles. The summed E-state index contributed by atoms with van der Waals surface area (Å²) in [5.74, 6) is -0.0724. The molecule has 2 aromatic carbocycles. The fraction of sp³-hybridized carbons (Fsp3) is 0.300. The number of nitrogens with zero attached hydrogens (tertiary/aromatic N) is 1. The number of hydrogen-bond acceptors (Lipinski definition) is 3. The van der Waals surface area contributed by atoms with Crippen LogP contribution < -0.4 is 5.32 Å². The first-order chi connectivity index (χ1) is 12.2. The zero-order chi connectivity index (χ0) is 17.6. The van der Waals surface area contributed by atoms with Gasteiger partial charge in [0.05, 0.1) is 12.6 Å². The average Bonchev–Trinajstić information content (AvgIpc) is 3.05. The minimum atomic E-state index is -0.447. The summed E-state index contributed by atoms with van der Waals surface area (Å²) >= 11 is 0. The van der Waals surface area contributed by atoms with Gasteiger partial charge in [-0.3, -0.25) is 9.59 Å². The summed E-state index contributed by atoms with van der Waals surface area (Å²) in [7, 11) is 0. The third-order valence-electron chi connectivity index (χ3n) is 4.42. The molecular formula is C20H22N2O3. The number of aliphatic hydroxyl groups is 1. The topological polar surface area (TPSA) is 69.6 Å². The highest BCUT2D eigenvalue weighted by molar-refractivity contribution is 5.94. The molecule has 1 atom stereocenters. The Hall–Kier alpha value is -2.66.